The van der Waals surface area contributed by atoms with E-state index in [1.165, 1.54) is 6.92 Å². The lowest BCUT2D eigenvalue weighted by Gasteiger charge is -2.51. The normalized spacial score (nSPS) is 30.5. The van der Waals surface area contributed by atoms with E-state index < -0.39 is 73.7 Å². The Morgan fingerprint density at radius 3 is 2.05 bits per heavy atom. The average molecular weight is 762 g/mol. The molecule has 3 aliphatic rings. The molecule has 0 bridgehead atoms. The Bertz CT molecular complexity index is 1630. The van der Waals surface area contributed by atoms with Gasteiger partial charge < -0.3 is 47.4 Å². The summed E-state index contributed by atoms with van der Waals surface area (Å²) < 4.78 is 64.3. The molecule has 14 heteroatoms. The van der Waals surface area contributed by atoms with Crippen LogP contribution in [0.2, 0.25) is 0 Å². The van der Waals surface area contributed by atoms with Gasteiger partial charge in [0.25, 0.3) is 0 Å². The molecule has 0 unspecified atom stereocenters. The van der Waals surface area contributed by atoms with Crippen molar-refractivity contribution in [2.24, 2.45) is 5.11 Å². The van der Waals surface area contributed by atoms with E-state index >= 15 is 0 Å². The number of hydrogen-bond acceptors (Lipinski definition) is 12. The molecule has 0 aliphatic carbocycles. The van der Waals surface area contributed by atoms with Gasteiger partial charge in [-0.15, -0.1) is 0 Å². The average Bonchev–Trinajstić information content (AvgIpc) is 3.21. The molecule has 0 radical (unpaired) electrons. The third-order valence-electron chi connectivity index (χ3n) is 9.77. The minimum atomic E-state index is -1.12. The number of methoxy groups -OCH3 is 1. The predicted molar refractivity (Wildman–Crippen MR) is 198 cm³/mol. The number of nitrogens with zero attached hydrogens (tertiary/aromatic N) is 3. The lowest BCUT2D eigenvalue weighted by molar-refractivity contribution is -0.397. The van der Waals surface area contributed by atoms with Crippen LogP contribution in [-0.4, -0.2) is 94.2 Å². The van der Waals surface area contributed by atoms with Crippen molar-refractivity contribution >= 4 is 5.97 Å². The van der Waals surface area contributed by atoms with Gasteiger partial charge in [0.1, 0.15) is 36.6 Å². The summed E-state index contributed by atoms with van der Waals surface area (Å²) in [5.41, 5.74) is 11.4. The van der Waals surface area contributed by atoms with Crippen LogP contribution in [0, 0.1) is 0 Å². The Morgan fingerprint density at radius 2 is 1.42 bits per heavy atom. The first kappa shape index (κ1) is 40.7. The van der Waals surface area contributed by atoms with Crippen LogP contribution >= 0.6 is 0 Å². The van der Waals surface area contributed by atoms with Gasteiger partial charge in [0.2, 0.25) is 0 Å². The highest BCUT2D eigenvalue weighted by Gasteiger charge is 2.56. The SMILES string of the molecule is CO[C@H]1[C@@H](OC(C)=O)[C@H](O[C@@H]2[C@@H](OCc3ccccc3)[C@H](OCCCCCN=[N+]=[N-])O[C@@H]3CO[C@@H](c4ccccc4)O[C@@H]23)O[C@@H](C)[C@H]1OCc1ccccc1. The number of carbonyl (C=O) groups excluding carboxylic acids is 1. The number of benzene rings is 3. The number of unbranched alkanes of at least 4 members (excludes halogenated alkanes) is 2. The van der Waals surface area contributed by atoms with Gasteiger partial charge in [0, 0.05) is 37.7 Å². The molecule has 0 aromatic heterocycles. The summed E-state index contributed by atoms with van der Waals surface area (Å²) in [5, 5.41) is 3.62. The number of azide groups is 1. The monoisotopic (exact) mass is 761 g/mol. The standard InChI is InChI=1S/C41H51N3O11/c1-27-33(48-24-29-16-8-4-9-17-29)35(46-3)38(52-28(2)45)41(51-27)55-36-34-32(26-50-39(54-34)31-20-12-6-13-21-31)53-40(47-23-15-7-14-22-43-44-42)37(36)49-25-30-18-10-5-11-19-30/h4-6,8-13,16-21,27,32-41H,7,14-15,22-26H2,1-3H3/t27-,32+,33+,34+,35+,36-,37+,38+,39+,40+,41-/m0/s1. The van der Waals surface area contributed by atoms with Crippen molar-refractivity contribution < 1.29 is 52.2 Å². The smallest absolute Gasteiger partial charge is 0.303 e. The molecule has 0 amide bonds. The fourth-order valence-electron chi connectivity index (χ4n) is 7.08. The number of rotatable bonds is 18. The molecule has 6 rings (SSSR count). The maximum Gasteiger partial charge on any atom is 0.303 e. The highest BCUT2D eigenvalue weighted by atomic mass is 16.8. The van der Waals surface area contributed by atoms with Crippen molar-refractivity contribution in [1.29, 1.82) is 0 Å². The van der Waals surface area contributed by atoms with Gasteiger partial charge in [-0.3, -0.25) is 4.79 Å². The van der Waals surface area contributed by atoms with E-state index in [0.717, 1.165) is 29.5 Å². The number of carbonyl (C=O) groups is 1. The number of ether oxygens (including phenoxy) is 10. The second kappa shape index (κ2) is 20.8. The van der Waals surface area contributed by atoms with Gasteiger partial charge in [0.15, 0.2) is 25.0 Å². The third kappa shape index (κ3) is 11.1. The summed E-state index contributed by atoms with van der Waals surface area (Å²) in [6.07, 6.45) is -6.39. The maximum atomic E-state index is 12.7. The van der Waals surface area contributed by atoms with Crippen LogP contribution < -0.4 is 0 Å². The zero-order valence-corrected chi connectivity index (χ0v) is 31.5. The summed E-state index contributed by atoms with van der Waals surface area (Å²) in [6, 6.07) is 29.2. The summed E-state index contributed by atoms with van der Waals surface area (Å²) in [6.45, 7) is 4.69. The van der Waals surface area contributed by atoms with E-state index in [1.807, 2.05) is 97.9 Å². The molecule has 0 N–H and O–H groups in total. The largest absolute Gasteiger partial charge is 0.454 e. The number of esters is 1. The fourth-order valence-corrected chi connectivity index (χ4v) is 7.08. The summed E-state index contributed by atoms with van der Waals surface area (Å²) >= 11 is 0. The minimum absolute atomic E-state index is 0.187. The van der Waals surface area contributed by atoms with Gasteiger partial charge in [-0.25, -0.2) is 0 Å². The summed E-state index contributed by atoms with van der Waals surface area (Å²) in [7, 11) is 1.55. The predicted octanol–water partition coefficient (Wildman–Crippen LogP) is 6.57. The second-order valence-electron chi connectivity index (χ2n) is 13.7. The van der Waals surface area contributed by atoms with Crippen LogP contribution in [0.3, 0.4) is 0 Å². The van der Waals surface area contributed by atoms with Crippen LogP contribution in [0.4, 0.5) is 0 Å². The molecule has 296 valence electrons. The van der Waals surface area contributed by atoms with Crippen molar-refractivity contribution in [3.05, 3.63) is 118 Å². The quantitative estimate of drug-likeness (QED) is 0.0454. The molecule has 3 aliphatic heterocycles. The molecule has 0 saturated carbocycles. The van der Waals surface area contributed by atoms with E-state index in [9.17, 15) is 4.79 Å². The van der Waals surface area contributed by atoms with Crippen molar-refractivity contribution in [3.8, 4) is 0 Å². The van der Waals surface area contributed by atoms with Crippen LogP contribution in [0.25, 0.3) is 10.4 Å². The zero-order chi connectivity index (χ0) is 38.4. The first-order chi connectivity index (χ1) is 26.9. The van der Waals surface area contributed by atoms with Gasteiger partial charge in [-0.2, -0.15) is 0 Å². The van der Waals surface area contributed by atoms with E-state index in [-0.39, 0.29) is 13.2 Å². The molecule has 3 heterocycles. The van der Waals surface area contributed by atoms with Crippen molar-refractivity contribution in [1.82, 2.24) is 0 Å². The molecule has 0 spiro atoms. The molecule has 11 atom stereocenters. The summed E-state index contributed by atoms with van der Waals surface area (Å²) in [4.78, 5) is 15.5. The van der Waals surface area contributed by atoms with Crippen molar-refractivity contribution in [2.75, 3.05) is 26.9 Å². The van der Waals surface area contributed by atoms with E-state index in [2.05, 4.69) is 10.0 Å². The molecule has 14 nitrogen and oxygen atoms in total. The van der Waals surface area contributed by atoms with Crippen LogP contribution in [0.5, 0.6) is 0 Å². The molecule has 3 aromatic rings. The van der Waals surface area contributed by atoms with E-state index in [1.54, 1.807) is 7.11 Å². The summed E-state index contributed by atoms with van der Waals surface area (Å²) in [5.74, 6) is -0.532. The van der Waals surface area contributed by atoms with Crippen molar-refractivity contribution in [2.45, 2.75) is 114 Å². The van der Waals surface area contributed by atoms with Crippen molar-refractivity contribution in [3.63, 3.8) is 0 Å². The Kier molecular flexibility index (Phi) is 15.4. The van der Waals surface area contributed by atoms with Gasteiger partial charge >= 0.3 is 5.97 Å². The van der Waals surface area contributed by atoms with Gasteiger partial charge in [0.05, 0.1) is 25.9 Å². The Labute approximate surface area is 321 Å². The first-order valence-corrected chi connectivity index (χ1v) is 18.9. The maximum absolute atomic E-state index is 12.7. The number of fused-ring (bicyclic) bond motifs is 1. The van der Waals surface area contributed by atoms with Gasteiger partial charge in [-0.1, -0.05) is 103 Å². The van der Waals surface area contributed by atoms with Crippen LogP contribution in [0.15, 0.2) is 96.1 Å². The zero-order valence-electron chi connectivity index (χ0n) is 31.5. The fraction of sp³-hybridized carbons (Fsp3) is 0.537. The molecule has 55 heavy (non-hydrogen) atoms. The third-order valence-corrected chi connectivity index (χ3v) is 9.77. The van der Waals surface area contributed by atoms with E-state index in [4.69, 9.17) is 52.9 Å². The molecule has 3 fully saturated rings. The molecular weight excluding hydrogens is 710 g/mol. The van der Waals surface area contributed by atoms with E-state index in [0.29, 0.717) is 26.2 Å². The topological polar surface area (TPSA) is 158 Å². The number of hydrogen-bond donors (Lipinski definition) is 0. The highest BCUT2D eigenvalue weighted by molar-refractivity contribution is 5.66. The molecular formula is C41H51N3O11. The van der Waals surface area contributed by atoms with Crippen LogP contribution in [0.1, 0.15) is 56.1 Å². The molecule has 3 aromatic carbocycles. The lowest BCUT2D eigenvalue weighted by Crippen LogP contribution is -2.67. The lowest BCUT2D eigenvalue weighted by atomic mass is 9.95. The second-order valence-corrected chi connectivity index (χ2v) is 13.7. The Hall–Kier alpha value is -3.92. The Balaban J connectivity index is 1.29. The minimum Gasteiger partial charge on any atom is -0.454 e. The van der Waals surface area contributed by atoms with Gasteiger partial charge in [-0.05, 0) is 36.4 Å². The highest BCUT2D eigenvalue weighted by Crippen LogP contribution is 2.39. The molecule has 3 saturated heterocycles. The Morgan fingerprint density at radius 1 is 0.764 bits per heavy atom. The van der Waals surface area contributed by atoms with Crippen LogP contribution in [-0.2, 0) is 65.4 Å². The first-order valence-electron chi connectivity index (χ1n) is 18.9.